The van der Waals surface area contributed by atoms with E-state index in [1.807, 2.05) is 0 Å². The monoisotopic (exact) mass is 154 g/mol. The molecule has 2 fully saturated rings. The molecule has 1 saturated heterocycles. The van der Waals surface area contributed by atoms with Gasteiger partial charge in [-0.1, -0.05) is 5.16 Å². The van der Waals surface area contributed by atoms with Crippen molar-refractivity contribution in [3.8, 4) is 0 Å². The van der Waals surface area contributed by atoms with Crippen molar-refractivity contribution in [1.29, 1.82) is 0 Å². The summed E-state index contributed by atoms with van der Waals surface area (Å²) in [5.41, 5.74) is 0.996. The van der Waals surface area contributed by atoms with Gasteiger partial charge in [-0.3, -0.25) is 0 Å². The third kappa shape index (κ3) is 1.13. The Kier molecular flexibility index (Phi) is 1.60. The van der Waals surface area contributed by atoms with E-state index in [1.54, 1.807) is 0 Å². The van der Waals surface area contributed by atoms with Crippen LogP contribution < -0.4 is 0 Å². The van der Waals surface area contributed by atoms with E-state index in [0.29, 0.717) is 6.04 Å². The molecule has 1 aliphatic carbocycles. The standard InChI is InChI=1S/C8H14N2O/c1-10-5-6-2-7(9-11)4-8(10)3-6/h6,8,11H,2-5H2,1H3/b9-7-/t6-,8-/m1/s1. The molecule has 0 spiro atoms. The fourth-order valence-corrected chi connectivity index (χ4v) is 2.35. The van der Waals surface area contributed by atoms with Crippen LogP contribution in [0.4, 0.5) is 0 Å². The minimum atomic E-state index is 0.652. The first kappa shape index (κ1) is 7.10. The second-order valence-corrected chi connectivity index (χ2v) is 3.77. The summed E-state index contributed by atoms with van der Waals surface area (Å²) < 4.78 is 0. The van der Waals surface area contributed by atoms with Gasteiger partial charge < -0.3 is 10.1 Å². The Morgan fingerprint density at radius 1 is 1.55 bits per heavy atom. The van der Waals surface area contributed by atoms with Crippen LogP contribution in [-0.2, 0) is 0 Å². The molecular weight excluding hydrogens is 140 g/mol. The first-order chi connectivity index (χ1) is 5.29. The van der Waals surface area contributed by atoms with Gasteiger partial charge in [0.2, 0.25) is 0 Å². The van der Waals surface area contributed by atoms with Crippen LogP contribution in [0.15, 0.2) is 5.16 Å². The second-order valence-electron chi connectivity index (χ2n) is 3.77. The van der Waals surface area contributed by atoms with Crippen LogP contribution >= 0.6 is 0 Å². The molecule has 3 heteroatoms. The molecule has 1 saturated carbocycles. The van der Waals surface area contributed by atoms with Crippen molar-refractivity contribution < 1.29 is 5.21 Å². The summed E-state index contributed by atoms with van der Waals surface area (Å²) in [6.45, 7) is 1.18. The van der Waals surface area contributed by atoms with Crippen molar-refractivity contribution in [1.82, 2.24) is 4.90 Å². The minimum absolute atomic E-state index is 0.652. The van der Waals surface area contributed by atoms with Crippen LogP contribution in [0.5, 0.6) is 0 Å². The zero-order valence-corrected chi connectivity index (χ0v) is 6.82. The molecule has 2 atom stereocenters. The molecule has 62 valence electrons. The SMILES string of the molecule is CN1C[C@@H]2C/C(=N/O)C[C@H]1C2. The number of hydrogen-bond acceptors (Lipinski definition) is 3. The average molecular weight is 154 g/mol. The Morgan fingerprint density at radius 3 is 3.00 bits per heavy atom. The Labute approximate surface area is 66.7 Å². The van der Waals surface area contributed by atoms with Crippen LogP contribution in [0.25, 0.3) is 0 Å². The summed E-state index contributed by atoms with van der Waals surface area (Å²) in [7, 11) is 2.16. The smallest absolute Gasteiger partial charge is 0.0589 e. The normalized spacial score (nSPS) is 41.7. The first-order valence-electron chi connectivity index (χ1n) is 4.19. The van der Waals surface area contributed by atoms with Gasteiger partial charge in [0.05, 0.1) is 5.71 Å². The largest absolute Gasteiger partial charge is 0.411 e. The molecule has 0 amide bonds. The molecule has 0 aromatic heterocycles. The van der Waals surface area contributed by atoms with E-state index in [9.17, 15) is 0 Å². The predicted octanol–water partition coefficient (Wildman–Crippen LogP) is 0.931. The van der Waals surface area contributed by atoms with E-state index in [1.165, 1.54) is 13.0 Å². The van der Waals surface area contributed by atoms with Gasteiger partial charge in [0.1, 0.15) is 0 Å². The molecule has 1 N–H and O–H groups in total. The summed E-state index contributed by atoms with van der Waals surface area (Å²) >= 11 is 0. The number of hydrogen-bond donors (Lipinski definition) is 1. The highest BCUT2D eigenvalue weighted by molar-refractivity contribution is 5.85. The molecule has 0 aromatic rings. The van der Waals surface area contributed by atoms with Gasteiger partial charge in [-0.15, -0.1) is 0 Å². The van der Waals surface area contributed by atoms with Crippen molar-refractivity contribution in [2.24, 2.45) is 11.1 Å². The number of rotatable bonds is 0. The number of oxime groups is 1. The fraction of sp³-hybridized carbons (Fsp3) is 0.875. The van der Waals surface area contributed by atoms with E-state index in [-0.39, 0.29) is 0 Å². The summed E-state index contributed by atoms with van der Waals surface area (Å²) in [5, 5.41) is 11.9. The van der Waals surface area contributed by atoms with Gasteiger partial charge in [0, 0.05) is 19.0 Å². The lowest BCUT2D eigenvalue weighted by molar-refractivity contribution is 0.301. The summed E-state index contributed by atoms with van der Waals surface area (Å²) in [6.07, 6.45) is 3.29. The third-order valence-corrected chi connectivity index (χ3v) is 2.91. The van der Waals surface area contributed by atoms with Crippen LogP contribution in [-0.4, -0.2) is 35.5 Å². The first-order valence-corrected chi connectivity index (χ1v) is 4.19. The van der Waals surface area contributed by atoms with E-state index in [2.05, 4.69) is 17.1 Å². The molecule has 1 aliphatic heterocycles. The molecular formula is C8H14N2O. The van der Waals surface area contributed by atoms with Crippen LogP contribution in [0.2, 0.25) is 0 Å². The van der Waals surface area contributed by atoms with Crippen molar-refractivity contribution >= 4 is 5.71 Å². The maximum Gasteiger partial charge on any atom is 0.0589 e. The van der Waals surface area contributed by atoms with E-state index < -0.39 is 0 Å². The molecule has 2 rings (SSSR count). The molecule has 0 unspecified atom stereocenters. The fourth-order valence-electron chi connectivity index (χ4n) is 2.35. The van der Waals surface area contributed by atoms with Gasteiger partial charge in [-0.25, -0.2) is 0 Å². The van der Waals surface area contributed by atoms with Crippen molar-refractivity contribution in [3.63, 3.8) is 0 Å². The lowest BCUT2D eigenvalue weighted by atomic mass is 9.89. The number of fused-ring (bicyclic) bond motifs is 2. The zero-order chi connectivity index (χ0) is 7.84. The maximum absolute atomic E-state index is 8.61. The molecule has 3 nitrogen and oxygen atoms in total. The highest BCUT2D eigenvalue weighted by atomic mass is 16.4. The molecule has 0 aromatic carbocycles. The molecule has 11 heavy (non-hydrogen) atoms. The summed E-state index contributed by atoms with van der Waals surface area (Å²) in [6, 6.07) is 0.652. The molecule has 0 radical (unpaired) electrons. The Bertz CT molecular complexity index is 189. The van der Waals surface area contributed by atoms with Crippen molar-refractivity contribution in [2.75, 3.05) is 13.6 Å². The van der Waals surface area contributed by atoms with Crippen LogP contribution in [0.3, 0.4) is 0 Å². The minimum Gasteiger partial charge on any atom is -0.411 e. The van der Waals surface area contributed by atoms with Crippen molar-refractivity contribution in [3.05, 3.63) is 0 Å². The highest BCUT2D eigenvalue weighted by Gasteiger charge is 2.35. The average Bonchev–Trinajstić information content (AvgIpc) is 2.26. The molecule has 2 bridgehead atoms. The van der Waals surface area contributed by atoms with Gasteiger partial charge in [0.25, 0.3) is 0 Å². The Hall–Kier alpha value is -0.570. The van der Waals surface area contributed by atoms with Gasteiger partial charge in [-0.05, 0) is 25.8 Å². The predicted molar refractivity (Wildman–Crippen MR) is 43.0 cm³/mol. The van der Waals surface area contributed by atoms with Crippen LogP contribution in [0, 0.1) is 5.92 Å². The number of likely N-dealkylation sites (tertiary alicyclic amines) is 1. The van der Waals surface area contributed by atoms with E-state index in [4.69, 9.17) is 5.21 Å². The number of nitrogens with zero attached hydrogens (tertiary/aromatic N) is 2. The van der Waals surface area contributed by atoms with Crippen molar-refractivity contribution in [2.45, 2.75) is 25.3 Å². The van der Waals surface area contributed by atoms with Crippen LogP contribution in [0.1, 0.15) is 19.3 Å². The zero-order valence-electron chi connectivity index (χ0n) is 6.82. The molecule has 2 aliphatic rings. The third-order valence-electron chi connectivity index (χ3n) is 2.91. The lowest BCUT2D eigenvalue weighted by Gasteiger charge is -2.20. The summed E-state index contributed by atoms with van der Waals surface area (Å²) in [4.78, 5) is 2.38. The Balaban J connectivity index is 2.12. The maximum atomic E-state index is 8.61. The topological polar surface area (TPSA) is 35.8 Å². The van der Waals surface area contributed by atoms with Gasteiger partial charge >= 0.3 is 0 Å². The second kappa shape index (κ2) is 2.48. The van der Waals surface area contributed by atoms with Gasteiger partial charge in [-0.2, -0.15) is 0 Å². The van der Waals surface area contributed by atoms with E-state index in [0.717, 1.165) is 24.5 Å². The quantitative estimate of drug-likeness (QED) is 0.416. The summed E-state index contributed by atoms with van der Waals surface area (Å²) in [5.74, 6) is 0.754. The highest BCUT2D eigenvalue weighted by Crippen LogP contribution is 2.32. The van der Waals surface area contributed by atoms with E-state index >= 15 is 0 Å². The van der Waals surface area contributed by atoms with Gasteiger partial charge in [0.15, 0.2) is 0 Å². The Morgan fingerprint density at radius 2 is 2.36 bits per heavy atom. The molecule has 1 heterocycles. The lowest BCUT2D eigenvalue weighted by Crippen LogP contribution is -2.27.